The SMILES string of the molecule is CCCC(CCBr)CNC(=O)CCCc1cccs1. The topological polar surface area (TPSA) is 29.1 Å². The van der Waals surface area contributed by atoms with Crippen molar-refractivity contribution in [3.63, 3.8) is 0 Å². The predicted octanol–water partition coefficient (Wildman–Crippen LogP) is 4.39. The number of nitrogens with one attached hydrogen (secondary N) is 1. The monoisotopic (exact) mass is 345 g/mol. The molecule has 1 aromatic rings. The van der Waals surface area contributed by atoms with Gasteiger partial charge in [0.25, 0.3) is 0 Å². The lowest BCUT2D eigenvalue weighted by Crippen LogP contribution is -2.29. The van der Waals surface area contributed by atoms with Crippen molar-refractivity contribution in [1.29, 1.82) is 0 Å². The third-order valence-electron chi connectivity index (χ3n) is 3.21. The van der Waals surface area contributed by atoms with E-state index in [-0.39, 0.29) is 5.91 Å². The molecular weight excluding hydrogens is 322 g/mol. The minimum atomic E-state index is 0.201. The van der Waals surface area contributed by atoms with E-state index in [2.05, 4.69) is 45.7 Å². The summed E-state index contributed by atoms with van der Waals surface area (Å²) in [5.74, 6) is 0.817. The Kier molecular flexibility index (Phi) is 9.18. The molecule has 0 aliphatic carbocycles. The van der Waals surface area contributed by atoms with Gasteiger partial charge in [0, 0.05) is 23.2 Å². The number of carbonyl (C=O) groups is 1. The van der Waals surface area contributed by atoms with Gasteiger partial charge in [-0.3, -0.25) is 4.79 Å². The normalized spacial score (nSPS) is 12.3. The Morgan fingerprint density at radius 3 is 2.95 bits per heavy atom. The smallest absolute Gasteiger partial charge is 0.220 e. The van der Waals surface area contributed by atoms with Gasteiger partial charge in [-0.05, 0) is 43.0 Å². The highest BCUT2D eigenvalue weighted by atomic mass is 79.9. The molecule has 1 unspecified atom stereocenters. The first-order chi connectivity index (χ1) is 9.26. The molecule has 0 saturated heterocycles. The zero-order valence-electron chi connectivity index (χ0n) is 11.7. The van der Waals surface area contributed by atoms with E-state index >= 15 is 0 Å². The fraction of sp³-hybridized carbons (Fsp3) is 0.667. The summed E-state index contributed by atoms with van der Waals surface area (Å²) in [5.41, 5.74) is 0. The van der Waals surface area contributed by atoms with Crippen LogP contribution in [0.15, 0.2) is 17.5 Å². The average Bonchev–Trinajstić information content (AvgIpc) is 2.90. The van der Waals surface area contributed by atoms with Crippen molar-refractivity contribution in [3.8, 4) is 0 Å². The molecule has 0 bridgehead atoms. The number of thiophene rings is 1. The summed E-state index contributed by atoms with van der Waals surface area (Å²) in [5, 5.41) is 6.18. The predicted molar refractivity (Wildman–Crippen MR) is 87.1 cm³/mol. The van der Waals surface area contributed by atoms with Crippen molar-refractivity contribution in [1.82, 2.24) is 5.32 Å². The van der Waals surface area contributed by atoms with Crippen molar-refractivity contribution in [3.05, 3.63) is 22.4 Å². The molecule has 108 valence electrons. The molecule has 19 heavy (non-hydrogen) atoms. The molecule has 0 aliphatic rings. The molecule has 1 atom stereocenters. The van der Waals surface area contributed by atoms with Gasteiger partial charge in [-0.1, -0.05) is 35.3 Å². The first-order valence-electron chi connectivity index (χ1n) is 7.11. The summed E-state index contributed by atoms with van der Waals surface area (Å²) in [6, 6.07) is 4.20. The average molecular weight is 346 g/mol. The maximum absolute atomic E-state index is 11.8. The number of halogens is 1. The van der Waals surface area contributed by atoms with Gasteiger partial charge in [-0.15, -0.1) is 11.3 Å². The molecule has 4 heteroatoms. The van der Waals surface area contributed by atoms with Crippen LogP contribution in [0, 0.1) is 5.92 Å². The molecule has 1 rings (SSSR count). The van der Waals surface area contributed by atoms with Crippen molar-refractivity contribution in [2.75, 3.05) is 11.9 Å². The molecule has 0 aliphatic heterocycles. The van der Waals surface area contributed by atoms with E-state index in [1.54, 1.807) is 11.3 Å². The highest BCUT2D eigenvalue weighted by Gasteiger charge is 2.09. The molecule has 0 aromatic carbocycles. The maximum atomic E-state index is 11.8. The van der Waals surface area contributed by atoms with Crippen LogP contribution in [0.2, 0.25) is 0 Å². The maximum Gasteiger partial charge on any atom is 0.220 e. The van der Waals surface area contributed by atoms with Crippen molar-refractivity contribution in [2.45, 2.75) is 45.4 Å². The van der Waals surface area contributed by atoms with E-state index in [1.807, 2.05) is 0 Å². The standard InChI is InChI=1S/C15H24BrNOS/c1-2-5-13(9-10-16)12-17-15(18)8-3-6-14-7-4-11-19-14/h4,7,11,13H,2-3,5-6,8-10,12H2,1H3,(H,17,18). The Morgan fingerprint density at radius 1 is 1.47 bits per heavy atom. The zero-order chi connectivity index (χ0) is 13.9. The summed E-state index contributed by atoms with van der Waals surface area (Å²) in [6.45, 7) is 3.03. The second kappa shape index (κ2) is 10.4. The van der Waals surface area contributed by atoms with E-state index in [0.29, 0.717) is 12.3 Å². The molecule has 2 nitrogen and oxygen atoms in total. The first-order valence-corrected chi connectivity index (χ1v) is 9.11. The number of carbonyl (C=O) groups excluding carboxylic acids is 1. The number of alkyl halides is 1. The summed E-state index contributed by atoms with van der Waals surface area (Å²) in [4.78, 5) is 13.1. The molecule has 0 spiro atoms. The van der Waals surface area contributed by atoms with Crippen LogP contribution < -0.4 is 5.32 Å². The molecule has 1 aromatic heterocycles. The highest BCUT2D eigenvalue weighted by molar-refractivity contribution is 9.09. The number of aryl methyl sites for hydroxylation is 1. The van der Waals surface area contributed by atoms with Crippen LogP contribution in [-0.2, 0) is 11.2 Å². The van der Waals surface area contributed by atoms with Crippen LogP contribution in [0.4, 0.5) is 0 Å². The van der Waals surface area contributed by atoms with Crippen molar-refractivity contribution >= 4 is 33.2 Å². The van der Waals surface area contributed by atoms with Crippen LogP contribution in [0.1, 0.15) is 43.9 Å². The van der Waals surface area contributed by atoms with Gasteiger partial charge in [-0.2, -0.15) is 0 Å². The molecule has 1 heterocycles. The second-order valence-corrected chi connectivity index (χ2v) is 6.69. The highest BCUT2D eigenvalue weighted by Crippen LogP contribution is 2.13. The van der Waals surface area contributed by atoms with Crippen molar-refractivity contribution < 1.29 is 4.79 Å². The Bertz CT molecular complexity index is 334. The minimum absolute atomic E-state index is 0.201. The first kappa shape index (κ1) is 16.7. The summed E-state index contributed by atoms with van der Waals surface area (Å²) >= 11 is 5.25. The van der Waals surface area contributed by atoms with Gasteiger partial charge in [0.05, 0.1) is 0 Å². The van der Waals surface area contributed by atoms with E-state index < -0.39 is 0 Å². The number of amides is 1. The Balaban J connectivity index is 2.12. The lowest BCUT2D eigenvalue weighted by Gasteiger charge is -2.15. The van der Waals surface area contributed by atoms with Gasteiger partial charge >= 0.3 is 0 Å². The molecular formula is C15H24BrNOS. The Morgan fingerprint density at radius 2 is 2.32 bits per heavy atom. The molecule has 1 amide bonds. The van der Waals surface area contributed by atoms with Crippen LogP contribution in [0.25, 0.3) is 0 Å². The molecule has 0 fully saturated rings. The lowest BCUT2D eigenvalue weighted by atomic mass is 10.0. The van der Waals surface area contributed by atoms with Crippen molar-refractivity contribution in [2.24, 2.45) is 5.92 Å². The van der Waals surface area contributed by atoms with Gasteiger partial charge in [0.15, 0.2) is 0 Å². The van der Waals surface area contributed by atoms with Crippen LogP contribution >= 0.6 is 27.3 Å². The number of rotatable bonds is 10. The third-order valence-corrected chi connectivity index (χ3v) is 4.60. The summed E-state index contributed by atoms with van der Waals surface area (Å²) in [6.07, 6.45) is 6.13. The van der Waals surface area contributed by atoms with Gasteiger partial charge in [0.2, 0.25) is 5.91 Å². The van der Waals surface area contributed by atoms with Crippen LogP contribution in [-0.4, -0.2) is 17.8 Å². The fourth-order valence-corrected chi connectivity index (χ4v) is 3.53. The van der Waals surface area contributed by atoms with E-state index in [1.165, 1.54) is 17.7 Å². The molecule has 1 N–H and O–H groups in total. The largest absolute Gasteiger partial charge is 0.356 e. The van der Waals surface area contributed by atoms with E-state index in [0.717, 1.165) is 31.1 Å². The van der Waals surface area contributed by atoms with Crippen LogP contribution in [0.3, 0.4) is 0 Å². The quantitative estimate of drug-likeness (QED) is 0.626. The van der Waals surface area contributed by atoms with Gasteiger partial charge in [0.1, 0.15) is 0 Å². The second-order valence-electron chi connectivity index (χ2n) is 4.87. The summed E-state index contributed by atoms with van der Waals surface area (Å²) in [7, 11) is 0. The lowest BCUT2D eigenvalue weighted by molar-refractivity contribution is -0.121. The third kappa shape index (κ3) is 7.73. The zero-order valence-corrected chi connectivity index (χ0v) is 14.1. The van der Waals surface area contributed by atoms with E-state index in [9.17, 15) is 4.79 Å². The van der Waals surface area contributed by atoms with Gasteiger partial charge in [-0.25, -0.2) is 0 Å². The minimum Gasteiger partial charge on any atom is -0.356 e. The number of hydrogen-bond acceptors (Lipinski definition) is 2. The van der Waals surface area contributed by atoms with E-state index in [4.69, 9.17) is 0 Å². The molecule has 0 radical (unpaired) electrons. The van der Waals surface area contributed by atoms with Crippen LogP contribution in [0.5, 0.6) is 0 Å². The fourth-order valence-electron chi connectivity index (χ4n) is 2.14. The Hall–Kier alpha value is -0.350. The number of hydrogen-bond donors (Lipinski definition) is 1. The Labute approximate surface area is 129 Å². The van der Waals surface area contributed by atoms with Gasteiger partial charge < -0.3 is 5.32 Å². The summed E-state index contributed by atoms with van der Waals surface area (Å²) < 4.78 is 0. The molecule has 0 saturated carbocycles.